The highest BCUT2D eigenvalue weighted by molar-refractivity contribution is 5.74. The molecule has 16 heavy (non-hydrogen) atoms. The molecule has 0 aliphatic carbocycles. The van der Waals surface area contributed by atoms with Crippen molar-refractivity contribution in [3.05, 3.63) is 18.2 Å². The van der Waals surface area contributed by atoms with Gasteiger partial charge in [-0.2, -0.15) is 0 Å². The lowest BCUT2D eigenvalue weighted by atomic mass is 10.00. The van der Waals surface area contributed by atoms with Crippen LogP contribution in [0.1, 0.15) is 25.5 Å². The molecule has 0 bridgehead atoms. The molecule has 1 aromatic heterocycles. The van der Waals surface area contributed by atoms with Gasteiger partial charge in [0.15, 0.2) is 0 Å². The van der Waals surface area contributed by atoms with Crippen molar-refractivity contribution in [1.82, 2.24) is 20.2 Å². The number of aromatic amines is 1. The molecule has 5 heteroatoms. The number of likely N-dealkylation sites (tertiary alicyclic amines) is 1. The van der Waals surface area contributed by atoms with Gasteiger partial charge in [0.2, 0.25) is 0 Å². The van der Waals surface area contributed by atoms with Crippen molar-refractivity contribution in [1.29, 1.82) is 0 Å². The molecule has 2 rings (SSSR count). The fraction of sp³-hybridized carbons (Fsp3) is 0.636. The Labute approximate surface area is 95.2 Å². The normalized spacial score (nSPS) is 17.4. The molecule has 88 valence electrons. The SMILES string of the molecule is CC1CCN(C(=O)NCc2cnc[nH]2)CC1. The monoisotopic (exact) mass is 222 g/mol. The average molecular weight is 222 g/mol. The first kappa shape index (κ1) is 11.0. The van der Waals surface area contributed by atoms with Crippen molar-refractivity contribution < 1.29 is 4.79 Å². The summed E-state index contributed by atoms with van der Waals surface area (Å²) in [7, 11) is 0. The maximum atomic E-state index is 11.8. The second-order valence-corrected chi connectivity index (χ2v) is 4.41. The first-order chi connectivity index (χ1) is 7.75. The lowest BCUT2D eigenvalue weighted by Crippen LogP contribution is -2.43. The Bertz CT molecular complexity index is 328. The van der Waals surface area contributed by atoms with E-state index in [-0.39, 0.29) is 6.03 Å². The van der Waals surface area contributed by atoms with E-state index in [0.29, 0.717) is 6.54 Å². The number of hydrogen-bond acceptors (Lipinski definition) is 2. The number of aromatic nitrogens is 2. The van der Waals surface area contributed by atoms with Crippen molar-refractivity contribution >= 4 is 6.03 Å². The first-order valence-electron chi connectivity index (χ1n) is 5.75. The van der Waals surface area contributed by atoms with Gasteiger partial charge in [-0.3, -0.25) is 0 Å². The van der Waals surface area contributed by atoms with Crippen LogP contribution >= 0.6 is 0 Å². The third kappa shape index (κ3) is 2.74. The minimum Gasteiger partial charge on any atom is -0.347 e. The van der Waals surface area contributed by atoms with Crippen LogP contribution in [-0.4, -0.2) is 34.0 Å². The first-order valence-corrected chi connectivity index (χ1v) is 5.75. The maximum Gasteiger partial charge on any atom is 0.317 e. The summed E-state index contributed by atoms with van der Waals surface area (Å²) in [6, 6.07) is 0.0292. The number of nitrogens with one attached hydrogen (secondary N) is 2. The van der Waals surface area contributed by atoms with Crippen LogP contribution in [0.3, 0.4) is 0 Å². The Balaban J connectivity index is 1.75. The summed E-state index contributed by atoms with van der Waals surface area (Å²) < 4.78 is 0. The molecule has 0 radical (unpaired) electrons. The van der Waals surface area contributed by atoms with Gasteiger partial charge in [-0.05, 0) is 18.8 Å². The van der Waals surface area contributed by atoms with Crippen LogP contribution in [0.25, 0.3) is 0 Å². The molecule has 2 N–H and O–H groups in total. The molecule has 1 aromatic rings. The number of amides is 2. The Hall–Kier alpha value is -1.52. The lowest BCUT2D eigenvalue weighted by Gasteiger charge is -2.30. The van der Waals surface area contributed by atoms with E-state index in [1.165, 1.54) is 0 Å². The maximum absolute atomic E-state index is 11.8. The van der Waals surface area contributed by atoms with Gasteiger partial charge in [0.25, 0.3) is 0 Å². The number of carbonyl (C=O) groups is 1. The highest BCUT2D eigenvalue weighted by Crippen LogP contribution is 2.15. The molecule has 2 amide bonds. The third-order valence-electron chi connectivity index (χ3n) is 3.06. The van der Waals surface area contributed by atoms with Crippen LogP contribution in [0.5, 0.6) is 0 Å². The van der Waals surface area contributed by atoms with Gasteiger partial charge >= 0.3 is 6.03 Å². The quantitative estimate of drug-likeness (QED) is 0.793. The summed E-state index contributed by atoms with van der Waals surface area (Å²) in [5, 5.41) is 2.89. The smallest absolute Gasteiger partial charge is 0.317 e. The number of hydrogen-bond donors (Lipinski definition) is 2. The zero-order valence-electron chi connectivity index (χ0n) is 9.57. The predicted molar refractivity (Wildman–Crippen MR) is 60.8 cm³/mol. The number of H-pyrrole nitrogens is 1. The predicted octanol–water partition coefficient (Wildman–Crippen LogP) is 1.35. The molecule has 0 unspecified atom stereocenters. The minimum atomic E-state index is 0.0292. The van der Waals surface area contributed by atoms with Crippen molar-refractivity contribution in [2.24, 2.45) is 5.92 Å². The van der Waals surface area contributed by atoms with Crippen LogP contribution in [0.15, 0.2) is 12.5 Å². The summed E-state index contributed by atoms with van der Waals surface area (Å²) in [5.41, 5.74) is 0.929. The zero-order valence-corrected chi connectivity index (χ0v) is 9.57. The van der Waals surface area contributed by atoms with Crippen molar-refractivity contribution in [2.75, 3.05) is 13.1 Å². The summed E-state index contributed by atoms with van der Waals surface area (Å²) in [6.45, 7) is 4.50. The fourth-order valence-corrected chi connectivity index (χ4v) is 1.88. The summed E-state index contributed by atoms with van der Waals surface area (Å²) in [6.07, 6.45) is 5.55. The van der Waals surface area contributed by atoms with Crippen LogP contribution in [0, 0.1) is 5.92 Å². The van der Waals surface area contributed by atoms with E-state index >= 15 is 0 Å². The number of imidazole rings is 1. The molecule has 1 aliphatic rings. The van der Waals surface area contributed by atoms with Gasteiger partial charge in [-0.25, -0.2) is 9.78 Å². The number of rotatable bonds is 2. The minimum absolute atomic E-state index is 0.0292. The van der Waals surface area contributed by atoms with E-state index in [2.05, 4.69) is 22.2 Å². The number of nitrogens with zero attached hydrogens (tertiary/aromatic N) is 2. The zero-order chi connectivity index (χ0) is 11.4. The molecular weight excluding hydrogens is 204 g/mol. The second-order valence-electron chi connectivity index (χ2n) is 4.41. The van der Waals surface area contributed by atoms with Crippen LogP contribution < -0.4 is 5.32 Å². The van der Waals surface area contributed by atoms with Crippen LogP contribution in [-0.2, 0) is 6.54 Å². The van der Waals surface area contributed by atoms with E-state index in [0.717, 1.165) is 37.5 Å². The van der Waals surface area contributed by atoms with Crippen molar-refractivity contribution in [3.63, 3.8) is 0 Å². The molecule has 0 aromatic carbocycles. The van der Waals surface area contributed by atoms with Crippen LogP contribution in [0.4, 0.5) is 4.79 Å². The molecule has 0 saturated carbocycles. The Morgan fingerprint density at radius 2 is 2.38 bits per heavy atom. The van der Waals surface area contributed by atoms with E-state index in [4.69, 9.17) is 0 Å². The van der Waals surface area contributed by atoms with Crippen LogP contribution in [0.2, 0.25) is 0 Å². The number of urea groups is 1. The summed E-state index contributed by atoms with van der Waals surface area (Å²) >= 11 is 0. The van der Waals surface area contributed by atoms with E-state index < -0.39 is 0 Å². The Kier molecular flexibility index (Phi) is 3.44. The van der Waals surface area contributed by atoms with Gasteiger partial charge in [-0.15, -0.1) is 0 Å². The molecule has 1 saturated heterocycles. The molecule has 1 fully saturated rings. The van der Waals surface area contributed by atoms with Crippen molar-refractivity contribution in [3.8, 4) is 0 Å². The second kappa shape index (κ2) is 5.01. The standard InChI is InChI=1S/C11H18N4O/c1-9-2-4-15(5-3-9)11(16)13-7-10-6-12-8-14-10/h6,8-9H,2-5,7H2,1H3,(H,12,14)(H,13,16). The molecule has 2 heterocycles. The topological polar surface area (TPSA) is 61.0 Å². The summed E-state index contributed by atoms with van der Waals surface area (Å²) in [5.74, 6) is 0.747. The fourth-order valence-electron chi connectivity index (χ4n) is 1.88. The van der Waals surface area contributed by atoms with E-state index in [1.807, 2.05) is 4.90 Å². The highest BCUT2D eigenvalue weighted by atomic mass is 16.2. The van der Waals surface area contributed by atoms with Gasteiger partial charge < -0.3 is 15.2 Å². The van der Waals surface area contributed by atoms with Gasteiger partial charge in [0.05, 0.1) is 18.6 Å². The summed E-state index contributed by atoms with van der Waals surface area (Å²) in [4.78, 5) is 20.5. The molecule has 5 nitrogen and oxygen atoms in total. The third-order valence-corrected chi connectivity index (χ3v) is 3.06. The number of carbonyl (C=O) groups excluding carboxylic acids is 1. The largest absolute Gasteiger partial charge is 0.347 e. The van der Waals surface area contributed by atoms with Crippen molar-refractivity contribution in [2.45, 2.75) is 26.3 Å². The highest BCUT2D eigenvalue weighted by Gasteiger charge is 2.19. The van der Waals surface area contributed by atoms with E-state index in [1.54, 1.807) is 12.5 Å². The molecule has 0 spiro atoms. The average Bonchev–Trinajstić information content (AvgIpc) is 2.80. The Morgan fingerprint density at radius 3 is 3.00 bits per heavy atom. The lowest BCUT2D eigenvalue weighted by molar-refractivity contribution is 0.173. The van der Waals surface area contributed by atoms with Gasteiger partial charge in [0.1, 0.15) is 0 Å². The number of piperidine rings is 1. The molecule has 1 aliphatic heterocycles. The molecule has 0 atom stereocenters. The van der Waals surface area contributed by atoms with Gasteiger partial charge in [-0.1, -0.05) is 6.92 Å². The molecular formula is C11H18N4O. The van der Waals surface area contributed by atoms with E-state index in [9.17, 15) is 4.79 Å². The Morgan fingerprint density at radius 1 is 1.62 bits per heavy atom. The van der Waals surface area contributed by atoms with Gasteiger partial charge in [0, 0.05) is 19.3 Å².